The van der Waals surface area contributed by atoms with E-state index in [9.17, 15) is 22.8 Å². The molecule has 1 saturated heterocycles. The van der Waals surface area contributed by atoms with E-state index in [1.54, 1.807) is 6.08 Å². The Morgan fingerprint density at radius 3 is 2.84 bits per heavy atom. The number of carbonyl (C=O) groups is 3. The fraction of sp³-hybridized carbons (Fsp3) is 0.267. The summed E-state index contributed by atoms with van der Waals surface area (Å²) in [6, 6.07) is 3.13. The van der Waals surface area contributed by atoms with E-state index < -0.39 is 32.9 Å². The summed E-state index contributed by atoms with van der Waals surface area (Å²) in [5.74, 6) is -0.989. The average molecular weight is 398 g/mol. The lowest BCUT2D eigenvalue weighted by Crippen LogP contribution is -2.38. The summed E-state index contributed by atoms with van der Waals surface area (Å²) < 4.78 is 22.6. The molecule has 1 fully saturated rings. The molecule has 2 aliphatic heterocycles. The number of thioether (sulfide) groups is 1. The van der Waals surface area contributed by atoms with Gasteiger partial charge in [-0.1, -0.05) is 6.07 Å². The molecule has 132 valence electrons. The number of carbonyl (C=O) groups excluding carboxylic acids is 3. The number of hydrogen-bond acceptors (Lipinski definition) is 7. The zero-order valence-electron chi connectivity index (χ0n) is 12.9. The minimum absolute atomic E-state index is 0.0402. The summed E-state index contributed by atoms with van der Waals surface area (Å²) in [5, 5.41) is 5.10. The molecule has 25 heavy (non-hydrogen) atoms. The molecule has 3 heterocycles. The van der Waals surface area contributed by atoms with Crippen molar-refractivity contribution in [2.24, 2.45) is 0 Å². The molecule has 10 heteroatoms. The van der Waals surface area contributed by atoms with E-state index in [0.717, 1.165) is 26.9 Å². The Morgan fingerprint density at radius 2 is 2.20 bits per heavy atom. The predicted octanol–water partition coefficient (Wildman–Crippen LogP) is 1.60. The van der Waals surface area contributed by atoms with Crippen LogP contribution in [0.2, 0.25) is 0 Å². The van der Waals surface area contributed by atoms with Crippen LogP contribution in [-0.4, -0.2) is 48.7 Å². The first kappa shape index (κ1) is 17.9. The van der Waals surface area contributed by atoms with Gasteiger partial charge in [-0.15, -0.1) is 11.3 Å². The van der Waals surface area contributed by atoms with Gasteiger partial charge in [-0.3, -0.25) is 19.3 Å². The second-order valence-corrected chi connectivity index (χ2v) is 9.33. The lowest BCUT2D eigenvalue weighted by molar-refractivity contribution is -0.124. The summed E-state index contributed by atoms with van der Waals surface area (Å²) in [7, 11) is -3.25. The Labute approximate surface area is 152 Å². The van der Waals surface area contributed by atoms with Crippen LogP contribution in [0.4, 0.5) is 4.79 Å². The van der Waals surface area contributed by atoms with E-state index in [2.05, 4.69) is 5.32 Å². The van der Waals surface area contributed by atoms with Crippen molar-refractivity contribution in [3.05, 3.63) is 38.8 Å². The minimum Gasteiger partial charge on any atom is -0.349 e. The third-order valence-electron chi connectivity index (χ3n) is 3.53. The predicted molar refractivity (Wildman–Crippen MR) is 96.5 cm³/mol. The van der Waals surface area contributed by atoms with E-state index >= 15 is 0 Å². The third-order valence-corrected chi connectivity index (χ3v) is 6.65. The molecular weight excluding hydrogens is 384 g/mol. The van der Waals surface area contributed by atoms with Gasteiger partial charge in [0.15, 0.2) is 9.84 Å². The second kappa shape index (κ2) is 7.14. The standard InChI is InChI=1S/C15H14N2O5S3/c18-13(16-10-4-7-25(21,22)9-10)3-5-17-14(19)12(24-15(17)20)8-11-2-1-6-23-11/h1-2,4,6-8,10H,3,5,9H2,(H,16,18)/b12-8-. The highest BCUT2D eigenvalue weighted by Gasteiger charge is 2.35. The lowest BCUT2D eigenvalue weighted by Gasteiger charge is -2.14. The first-order valence-corrected chi connectivity index (χ1v) is 10.7. The van der Waals surface area contributed by atoms with Crippen LogP contribution in [-0.2, 0) is 19.4 Å². The molecule has 0 aromatic carbocycles. The van der Waals surface area contributed by atoms with Crippen LogP contribution in [0, 0.1) is 0 Å². The third kappa shape index (κ3) is 4.39. The van der Waals surface area contributed by atoms with Crippen molar-refractivity contribution in [1.29, 1.82) is 0 Å². The maximum Gasteiger partial charge on any atom is 0.293 e. The summed E-state index contributed by atoms with van der Waals surface area (Å²) >= 11 is 2.31. The van der Waals surface area contributed by atoms with Gasteiger partial charge in [0.05, 0.1) is 16.7 Å². The number of rotatable bonds is 5. The summed E-state index contributed by atoms with van der Waals surface area (Å²) in [6.45, 7) is -0.0402. The average Bonchev–Trinajstić information content (AvgIpc) is 3.21. The smallest absolute Gasteiger partial charge is 0.293 e. The van der Waals surface area contributed by atoms with Crippen molar-refractivity contribution in [3.63, 3.8) is 0 Å². The highest BCUT2D eigenvalue weighted by atomic mass is 32.2. The van der Waals surface area contributed by atoms with E-state index in [4.69, 9.17) is 0 Å². The summed E-state index contributed by atoms with van der Waals surface area (Å²) in [4.78, 5) is 38.4. The summed E-state index contributed by atoms with van der Waals surface area (Å²) in [6.07, 6.45) is 3.00. The second-order valence-electron chi connectivity index (χ2n) is 5.43. The Bertz CT molecular complexity index is 871. The molecule has 2 aliphatic rings. The fourth-order valence-corrected chi connectivity index (χ4v) is 5.18. The molecule has 3 amide bonds. The van der Waals surface area contributed by atoms with Gasteiger partial charge in [0, 0.05) is 23.3 Å². The van der Waals surface area contributed by atoms with Gasteiger partial charge in [-0.25, -0.2) is 8.42 Å². The molecule has 1 unspecified atom stereocenters. The number of sulfone groups is 1. The van der Waals surface area contributed by atoms with E-state index in [0.29, 0.717) is 4.91 Å². The molecule has 0 saturated carbocycles. The molecule has 0 aliphatic carbocycles. The van der Waals surface area contributed by atoms with Gasteiger partial charge < -0.3 is 5.32 Å². The normalized spacial score (nSPS) is 23.6. The first-order chi connectivity index (χ1) is 11.8. The Morgan fingerprint density at radius 1 is 1.40 bits per heavy atom. The van der Waals surface area contributed by atoms with Gasteiger partial charge in [0.2, 0.25) is 5.91 Å². The quantitative estimate of drug-likeness (QED) is 0.756. The number of amides is 3. The van der Waals surface area contributed by atoms with Gasteiger partial charge >= 0.3 is 0 Å². The van der Waals surface area contributed by atoms with Crippen LogP contribution < -0.4 is 5.32 Å². The first-order valence-electron chi connectivity index (χ1n) is 7.33. The highest BCUT2D eigenvalue weighted by Crippen LogP contribution is 2.32. The topological polar surface area (TPSA) is 101 Å². The molecule has 0 radical (unpaired) electrons. The molecule has 1 N–H and O–H groups in total. The molecule has 1 aromatic heterocycles. The van der Waals surface area contributed by atoms with Crippen LogP contribution in [0.25, 0.3) is 6.08 Å². The van der Waals surface area contributed by atoms with Crippen LogP contribution in [0.5, 0.6) is 0 Å². The molecule has 0 bridgehead atoms. The van der Waals surface area contributed by atoms with Crippen molar-refractivity contribution in [1.82, 2.24) is 10.2 Å². The van der Waals surface area contributed by atoms with Gasteiger partial charge in [0.1, 0.15) is 0 Å². The Balaban J connectivity index is 1.54. The molecule has 7 nitrogen and oxygen atoms in total. The molecule has 3 rings (SSSR count). The number of imide groups is 1. The number of hydrogen-bond donors (Lipinski definition) is 1. The largest absolute Gasteiger partial charge is 0.349 e. The lowest BCUT2D eigenvalue weighted by atomic mass is 10.3. The van der Waals surface area contributed by atoms with Crippen LogP contribution in [0.3, 0.4) is 0 Å². The number of nitrogens with zero attached hydrogens (tertiary/aromatic N) is 1. The van der Waals surface area contributed by atoms with Crippen molar-refractivity contribution in [2.75, 3.05) is 12.3 Å². The SMILES string of the molecule is O=C(CCN1C(=O)S/C(=C\c2cccs2)C1=O)NC1C=CS(=O)(=O)C1. The van der Waals surface area contributed by atoms with Crippen molar-refractivity contribution >= 4 is 56.1 Å². The summed E-state index contributed by atoms with van der Waals surface area (Å²) in [5.41, 5.74) is 0. The maximum absolute atomic E-state index is 12.3. The number of thiophene rings is 1. The van der Waals surface area contributed by atoms with Crippen molar-refractivity contribution < 1.29 is 22.8 Å². The van der Waals surface area contributed by atoms with Gasteiger partial charge in [-0.05, 0) is 35.4 Å². The van der Waals surface area contributed by atoms with Crippen LogP contribution in [0.1, 0.15) is 11.3 Å². The zero-order valence-corrected chi connectivity index (χ0v) is 15.3. The highest BCUT2D eigenvalue weighted by molar-refractivity contribution is 8.18. The van der Waals surface area contributed by atoms with Crippen LogP contribution in [0.15, 0.2) is 33.9 Å². The maximum atomic E-state index is 12.3. The van der Waals surface area contributed by atoms with E-state index in [1.165, 1.54) is 17.4 Å². The van der Waals surface area contributed by atoms with Crippen LogP contribution >= 0.6 is 23.1 Å². The monoisotopic (exact) mass is 398 g/mol. The Hall–Kier alpha value is -1.91. The van der Waals surface area contributed by atoms with Gasteiger partial charge in [0.25, 0.3) is 11.1 Å². The molecule has 1 atom stereocenters. The minimum atomic E-state index is -3.25. The number of nitrogens with one attached hydrogen (secondary N) is 1. The van der Waals surface area contributed by atoms with Crippen molar-refractivity contribution in [2.45, 2.75) is 12.5 Å². The molecule has 1 aromatic rings. The molecule has 0 spiro atoms. The Kier molecular flexibility index (Phi) is 5.11. The van der Waals surface area contributed by atoms with E-state index in [1.807, 2.05) is 17.5 Å². The molecular formula is C15H14N2O5S3. The van der Waals surface area contributed by atoms with Crippen molar-refractivity contribution in [3.8, 4) is 0 Å². The fourth-order valence-electron chi connectivity index (χ4n) is 2.35. The zero-order chi connectivity index (χ0) is 18.0. The van der Waals surface area contributed by atoms with Gasteiger partial charge in [-0.2, -0.15) is 0 Å². The van der Waals surface area contributed by atoms with E-state index in [-0.39, 0.29) is 18.7 Å².